The standard InChI is InChI=1S/C17H19BrFNO/c1-11-7-8-13(14(18)9-11)15(20-2)10-12-5-4-6-16(21-3)17(12)19/h4-9,15,20H,10H2,1-3H3. The minimum Gasteiger partial charge on any atom is -0.494 e. The molecule has 21 heavy (non-hydrogen) atoms. The first-order chi connectivity index (χ1) is 10.1. The lowest BCUT2D eigenvalue weighted by atomic mass is 9.97. The van der Waals surface area contributed by atoms with E-state index in [0.717, 1.165) is 10.0 Å². The van der Waals surface area contributed by atoms with Gasteiger partial charge in [0.25, 0.3) is 0 Å². The molecule has 0 radical (unpaired) electrons. The van der Waals surface area contributed by atoms with E-state index in [0.29, 0.717) is 12.0 Å². The molecule has 2 aromatic carbocycles. The van der Waals surface area contributed by atoms with Crippen LogP contribution in [0, 0.1) is 12.7 Å². The van der Waals surface area contributed by atoms with Crippen LogP contribution in [0.25, 0.3) is 0 Å². The molecule has 0 fully saturated rings. The van der Waals surface area contributed by atoms with Crippen molar-refractivity contribution in [2.24, 2.45) is 0 Å². The molecule has 0 aliphatic heterocycles. The van der Waals surface area contributed by atoms with Crippen LogP contribution in [0.5, 0.6) is 5.75 Å². The molecule has 2 aromatic rings. The van der Waals surface area contributed by atoms with Crippen LogP contribution in [0.1, 0.15) is 22.7 Å². The molecule has 112 valence electrons. The van der Waals surface area contributed by atoms with E-state index >= 15 is 0 Å². The second-order valence-corrected chi connectivity index (χ2v) is 5.86. The van der Waals surface area contributed by atoms with E-state index in [1.54, 1.807) is 12.1 Å². The fourth-order valence-electron chi connectivity index (χ4n) is 2.37. The first-order valence-corrected chi connectivity index (χ1v) is 7.60. The highest BCUT2D eigenvalue weighted by Crippen LogP contribution is 2.29. The maximum Gasteiger partial charge on any atom is 0.168 e. The van der Waals surface area contributed by atoms with Crippen molar-refractivity contribution in [2.75, 3.05) is 14.2 Å². The molecule has 0 aliphatic carbocycles. The van der Waals surface area contributed by atoms with Crippen molar-refractivity contribution in [1.29, 1.82) is 0 Å². The molecule has 4 heteroatoms. The molecule has 0 amide bonds. The van der Waals surface area contributed by atoms with Gasteiger partial charge in [-0.15, -0.1) is 0 Å². The average Bonchev–Trinajstić information content (AvgIpc) is 2.47. The van der Waals surface area contributed by atoms with Crippen LogP contribution in [-0.2, 0) is 6.42 Å². The quantitative estimate of drug-likeness (QED) is 0.861. The van der Waals surface area contributed by atoms with Crippen molar-refractivity contribution in [3.05, 3.63) is 63.4 Å². The van der Waals surface area contributed by atoms with E-state index in [1.165, 1.54) is 12.7 Å². The summed E-state index contributed by atoms with van der Waals surface area (Å²) in [6, 6.07) is 11.5. The van der Waals surface area contributed by atoms with Gasteiger partial charge in [-0.1, -0.05) is 40.2 Å². The van der Waals surface area contributed by atoms with Crippen LogP contribution < -0.4 is 10.1 Å². The van der Waals surface area contributed by atoms with Gasteiger partial charge in [-0.3, -0.25) is 0 Å². The predicted molar refractivity (Wildman–Crippen MR) is 87.3 cm³/mol. The van der Waals surface area contributed by atoms with E-state index in [9.17, 15) is 4.39 Å². The zero-order valence-electron chi connectivity index (χ0n) is 12.4. The van der Waals surface area contributed by atoms with Crippen LogP contribution in [-0.4, -0.2) is 14.2 Å². The van der Waals surface area contributed by atoms with Crippen molar-refractivity contribution >= 4 is 15.9 Å². The number of likely N-dealkylation sites (N-methyl/N-ethyl adjacent to an activating group) is 1. The number of ether oxygens (including phenoxy) is 1. The van der Waals surface area contributed by atoms with Crippen LogP contribution >= 0.6 is 15.9 Å². The maximum atomic E-state index is 14.3. The smallest absolute Gasteiger partial charge is 0.168 e. The van der Waals surface area contributed by atoms with Crippen molar-refractivity contribution in [3.63, 3.8) is 0 Å². The second kappa shape index (κ2) is 7.05. The van der Waals surface area contributed by atoms with Crippen molar-refractivity contribution in [1.82, 2.24) is 5.32 Å². The summed E-state index contributed by atoms with van der Waals surface area (Å²) in [6.45, 7) is 2.05. The Morgan fingerprint density at radius 3 is 2.67 bits per heavy atom. The number of benzene rings is 2. The Labute approximate surface area is 133 Å². The SMILES string of the molecule is CNC(Cc1cccc(OC)c1F)c1ccc(C)cc1Br. The predicted octanol–water partition coefficient (Wildman–Crippen LogP) is 4.41. The minimum absolute atomic E-state index is 0.0292. The molecule has 1 atom stereocenters. The van der Waals surface area contributed by atoms with E-state index in [2.05, 4.69) is 39.4 Å². The molecular weight excluding hydrogens is 333 g/mol. The van der Waals surface area contributed by atoms with Gasteiger partial charge in [-0.25, -0.2) is 4.39 Å². The topological polar surface area (TPSA) is 21.3 Å². The minimum atomic E-state index is -0.288. The largest absolute Gasteiger partial charge is 0.494 e. The summed E-state index contributed by atoms with van der Waals surface area (Å²) >= 11 is 3.59. The second-order valence-electron chi connectivity index (χ2n) is 5.00. The summed E-state index contributed by atoms with van der Waals surface area (Å²) in [5, 5.41) is 3.25. The molecular formula is C17H19BrFNO. The van der Waals surface area contributed by atoms with Crippen LogP contribution in [0.3, 0.4) is 0 Å². The van der Waals surface area contributed by atoms with Gasteiger partial charge in [0.1, 0.15) is 0 Å². The van der Waals surface area contributed by atoms with E-state index in [-0.39, 0.29) is 17.6 Å². The first kappa shape index (κ1) is 16.0. The zero-order valence-corrected chi connectivity index (χ0v) is 14.0. The Kier molecular flexibility index (Phi) is 5.37. The lowest BCUT2D eigenvalue weighted by Crippen LogP contribution is -2.20. The number of methoxy groups -OCH3 is 1. The third-order valence-electron chi connectivity index (χ3n) is 3.57. The van der Waals surface area contributed by atoms with Crippen molar-refractivity contribution in [3.8, 4) is 5.75 Å². The summed E-state index contributed by atoms with van der Waals surface area (Å²) in [7, 11) is 3.36. The third kappa shape index (κ3) is 3.63. The molecule has 0 aliphatic rings. The van der Waals surface area contributed by atoms with Crippen LogP contribution in [0.4, 0.5) is 4.39 Å². The number of nitrogens with one attached hydrogen (secondary N) is 1. The summed E-state index contributed by atoms with van der Waals surface area (Å²) < 4.78 is 20.4. The highest BCUT2D eigenvalue weighted by Gasteiger charge is 2.17. The average molecular weight is 352 g/mol. The van der Waals surface area contributed by atoms with Crippen LogP contribution in [0.2, 0.25) is 0 Å². The highest BCUT2D eigenvalue weighted by molar-refractivity contribution is 9.10. The van der Waals surface area contributed by atoms with Gasteiger partial charge >= 0.3 is 0 Å². The van der Waals surface area contributed by atoms with Gasteiger partial charge in [0.15, 0.2) is 11.6 Å². The van der Waals surface area contributed by atoms with Gasteiger partial charge in [-0.05, 0) is 49.2 Å². The maximum absolute atomic E-state index is 14.3. The molecule has 0 heterocycles. The molecule has 2 rings (SSSR count). The van der Waals surface area contributed by atoms with E-state index in [4.69, 9.17) is 4.74 Å². The van der Waals surface area contributed by atoms with Crippen molar-refractivity contribution in [2.45, 2.75) is 19.4 Å². The molecule has 0 spiro atoms. The van der Waals surface area contributed by atoms with Gasteiger partial charge in [0.05, 0.1) is 7.11 Å². The van der Waals surface area contributed by atoms with Gasteiger partial charge in [0.2, 0.25) is 0 Å². The summed E-state index contributed by atoms with van der Waals surface area (Å²) in [5.74, 6) is -0.00573. The Morgan fingerprint density at radius 1 is 1.29 bits per heavy atom. The molecule has 1 N–H and O–H groups in total. The van der Waals surface area contributed by atoms with Crippen LogP contribution in [0.15, 0.2) is 40.9 Å². The molecule has 2 nitrogen and oxygen atoms in total. The Hall–Kier alpha value is -1.39. The normalized spacial score (nSPS) is 12.2. The van der Waals surface area contributed by atoms with Gasteiger partial charge in [0, 0.05) is 10.5 Å². The number of aryl methyl sites for hydroxylation is 1. The first-order valence-electron chi connectivity index (χ1n) is 6.81. The monoisotopic (exact) mass is 351 g/mol. The molecule has 0 aromatic heterocycles. The fraction of sp³-hybridized carbons (Fsp3) is 0.294. The Balaban J connectivity index is 2.31. The number of hydrogen-bond donors (Lipinski definition) is 1. The van der Waals surface area contributed by atoms with Gasteiger partial charge in [-0.2, -0.15) is 0 Å². The third-order valence-corrected chi connectivity index (χ3v) is 4.25. The van der Waals surface area contributed by atoms with E-state index in [1.807, 2.05) is 20.0 Å². The molecule has 0 saturated carbocycles. The lowest BCUT2D eigenvalue weighted by molar-refractivity contribution is 0.383. The number of rotatable bonds is 5. The molecule has 1 unspecified atom stereocenters. The summed E-state index contributed by atoms with van der Waals surface area (Å²) in [4.78, 5) is 0. The van der Waals surface area contributed by atoms with Gasteiger partial charge < -0.3 is 10.1 Å². The fourth-order valence-corrected chi connectivity index (χ4v) is 3.14. The number of hydrogen-bond acceptors (Lipinski definition) is 2. The Bertz CT molecular complexity index is 630. The van der Waals surface area contributed by atoms with Crippen molar-refractivity contribution < 1.29 is 9.13 Å². The lowest BCUT2D eigenvalue weighted by Gasteiger charge is -2.19. The zero-order chi connectivity index (χ0) is 15.4. The highest BCUT2D eigenvalue weighted by atomic mass is 79.9. The summed E-state index contributed by atoms with van der Waals surface area (Å²) in [5.41, 5.74) is 2.94. The molecule has 0 bridgehead atoms. The molecule has 0 saturated heterocycles. The summed E-state index contributed by atoms with van der Waals surface area (Å²) in [6.07, 6.45) is 0.557. The Morgan fingerprint density at radius 2 is 2.05 bits per heavy atom. The van der Waals surface area contributed by atoms with E-state index < -0.39 is 0 Å². The number of halogens is 2.